The molecule has 29 heavy (non-hydrogen) atoms. The lowest BCUT2D eigenvalue weighted by Gasteiger charge is -2.19. The minimum Gasteiger partial charge on any atom is -0.346 e. The molecule has 0 aliphatic carbocycles. The third kappa shape index (κ3) is 3.09. The van der Waals surface area contributed by atoms with Crippen molar-refractivity contribution in [3.05, 3.63) is 72.1 Å². The van der Waals surface area contributed by atoms with Gasteiger partial charge < -0.3 is 4.98 Å². The van der Waals surface area contributed by atoms with Gasteiger partial charge in [0, 0.05) is 23.5 Å². The van der Waals surface area contributed by atoms with Crippen molar-refractivity contribution in [3.8, 4) is 0 Å². The molecule has 0 saturated heterocycles. The van der Waals surface area contributed by atoms with Gasteiger partial charge in [0.2, 0.25) is 5.91 Å². The number of aliphatic imine (C=N–C) groups is 1. The number of aromatic nitrogens is 2. The van der Waals surface area contributed by atoms with Gasteiger partial charge in [-0.2, -0.15) is 0 Å². The number of amides is 1. The normalized spacial score (nSPS) is 16.1. The molecular formula is C24H24N4O. The van der Waals surface area contributed by atoms with Crippen LogP contribution in [0.2, 0.25) is 0 Å². The molecule has 0 atom stereocenters. The van der Waals surface area contributed by atoms with Gasteiger partial charge in [0.1, 0.15) is 11.5 Å². The van der Waals surface area contributed by atoms with Crippen LogP contribution in [0.4, 0.5) is 11.5 Å². The zero-order valence-electron chi connectivity index (χ0n) is 17.2. The van der Waals surface area contributed by atoms with Crippen LogP contribution in [0, 0.1) is 0 Å². The summed E-state index contributed by atoms with van der Waals surface area (Å²) in [5.41, 5.74) is 4.70. The standard InChI is InChI=1S/C24H24N4O/c1-6-16(14-26-15(2)3)18-7-9-19-20(13-18)28(23(29)24(19,4)5)21-10-8-17-11-12-25-22(17)27-21/h6-14H,2H2,1,3-5H3,(H,25,27)/b16-6+,26-14?. The molecule has 3 aromatic rings. The van der Waals surface area contributed by atoms with Crippen LogP contribution in [-0.2, 0) is 10.2 Å². The number of H-pyrrole nitrogens is 1. The molecule has 0 radical (unpaired) electrons. The van der Waals surface area contributed by atoms with Crippen molar-refractivity contribution in [1.29, 1.82) is 0 Å². The van der Waals surface area contributed by atoms with Gasteiger partial charge in [-0.3, -0.25) is 14.7 Å². The SMILES string of the molecule is C=C(C)N=C/C(=C\C)c1ccc2c(c1)N(c1ccc3cc[nH]c3n1)C(=O)C2(C)C. The summed E-state index contributed by atoms with van der Waals surface area (Å²) in [6.07, 6.45) is 5.66. The first-order valence-electron chi connectivity index (χ1n) is 9.62. The maximum Gasteiger partial charge on any atom is 0.242 e. The van der Waals surface area contributed by atoms with Gasteiger partial charge in [-0.05, 0) is 68.7 Å². The Labute approximate surface area is 170 Å². The maximum absolute atomic E-state index is 13.3. The number of allylic oxidation sites excluding steroid dienone is 3. The van der Waals surface area contributed by atoms with Crippen molar-refractivity contribution in [2.45, 2.75) is 33.1 Å². The Kier molecular flexibility index (Phi) is 4.46. The molecule has 1 N–H and O–H groups in total. The van der Waals surface area contributed by atoms with Crippen molar-refractivity contribution < 1.29 is 4.79 Å². The zero-order valence-corrected chi connectivity index (χ0v) is 17.2. The van der Waals surface area contributed by atoms with E-state index in [0.29, 0.717) is 5.82 Å². The van der Waals surface area contributed by atoms with Crippen LogP contribution < -0.4 is 4.90 Å². The van der Waals surface area contributed by atoms with Gasteiger partial charge in [0.05, 0.1) is 11.1 Å². The van der Waals surface area contributed by atoms with Gasteiger partial charge in [-0.15, -0.1) is 0 Å². The molecule has 0 spiro atoms. The van der Waals surface area contributed by atoms with E-state index in [1.807, 2.05) is 76.4 Å². The predicted molar refractivity (Wildman–Crippen MR) is 120 cm³/mol. The number of benzene rings is 1. The van der Waals surface area contributed by atoms with Gasteiger partial charge in [-0.25, -0.2) is 4.98 Å². The zero-order chi connectivity index (χ0) is 20.8. The van der Waals surface area contributed by atoms with Crippen LogP contribution in [0.25, 0.3) is 16.6 Å². The van der Waals surface area contributed by atoms with E-state index >= 15 is 0 Å². The van der Waals surface area contributed by atoms with Crippen molar-refractivity contribution in [3.63, 3.8) is 0 Å². The fourth-order valence-electron chi connectivity index (χ4n) is 3.70. The van der Waals surface area contributed by atoms with Crippen LogP contribution >= 0.6 is 0 Å². The third-order valence-corrected chi connectivity index (χ3v) is 5.34. The van der Waals surface area contributed by atoms with Gasteiger partial charge >= 0.3 is 0 Å². The number of pyridine rings is 1. The van der Waals surface area contributed by atoms with Crippen LogP contribution in [0.15, 0.2) is 65.9 Å². The van der Waals surface area contributed by atoms with Crippen molar-refractivity contribution in [2.24, 2.45) is 4.99 Å². The molecule has 0 unspecified atom stereocenters. The smallest absolute Gasteiger partial charge is 0.242 e. The summed E-state index contributed by atoms with van der Waals surface area (Å²) >= 11 is 0. The third-order valence-electron chi connectivity index (χ3n) is 5.34. The Morgan fingerprint density at radius 1 is 1.24 bits per heavy atom. The Morgan fingerprint density at radius 3 is 2.76 bits per heavy atom. The van der Waals surface area contributed by atoms with Crippen LogP contribution in [0.1, 0.15) is 38.8 Å². The summed E-state index contributed by atoms with van der Waals surface area (Å²) in [6, 6.07) is 12.0. The molecule has 0 saturated carbocycles. The largest absolute Gasteiger partial charge is 0.346 e. The predicted octanol–water partition coefficient (Wildman–Crippen LogP) is 5.53. The Balaban J connectivity index is 1.86. The molecule has 5 nitrogen and oxygen atoms in total. The van der Waals surface area contributed by atoms with Gasteiger partial charge in [-0.1, -0.05) is 24.8 Å². The van der Waals surface area contributed by atoms with E-state index in [9.17, 15) is 4.79 Å². The van der Waals surface area contributed by atoms with E-state index in [-0.39, 0.29) is 5.91 Å². The lowest BCUT2D eigenvalue weighted by atomic mass is 9.85. The summed E-state index contributed by atoms with van der Waals surface area (Å²) in [6.45, 7) is 11.6. The average Bonchev–Trinajstić information content (AvgIpc) is 3.23. The minimum atomic E-state index is -0.623. The number of hydrogen-bond acceptors (Lipinski definition) is 3. The van der Waals surface area contributed by atoms with E-state index in [1.165, 1.54) is 0 Å². The average molecular weight is 384 g/mol. The number of carbonyl (C=O) groups excluding carboxylic acids is 1. The Morgan fingerprint density at radius 2 is 2.03 bits per heavy atom. The molecule has 1 amide bonds. The fourth-order valence-corrected chi connectivity index (χ4v) is 3.70. The van der Waals surface area contributed by atoms with E-state index in [1.54, 1.807) is 11.1 Å². The van der Waals surface area contributed by atoms with Crippen LogP contribution in [0.3, 0.4) is 0 Å². The number of nitrogens with zero attached hydrogens (tertiary/aromatic N) is 3. The number of nitrogens with one attached hydrogen (secondary N) is 1. The lowest BCUT2D eigenvalue weighted by molar-refractivity contribution is -0.121. The molecule has 0 fully saturated rings. The molecule has 1 aromatic carbocycles. The topological polar surface area (TPSA) is 61.4 Å². The van der Waals surface area contributed by atoms with Crippen LogP contribution in [0.5, 0.6) is 0 Å². The van der Waals surface area contributed by atoms with E-state index in [4.69, 9.17) is 0 Å². The Bertz CT molecular complexity index is 1200. The van der Waals surface area contributed by atoms with Crippen molar-refractivity contribution >= 4 is 40.2 Å². The number of hydrogen-bond donors (Lipinski definition) is 1. The molecule has 2 aromatic heterocycles. The highest BCUT2D eigenvalue weighted by molar-refractivity contribution is 6.14. The van der Waals surface area contributed by atoms with E-state index in [0.717, 1.165) is 39.1 Å². The summed E-state index contributed by atoms with van der Waals surface area (Å²) in [5, 5.41) is 1.01. The number of carbonyl (C=O) groups is 1. The first-order chi connectivity index (χ1) is 13.8. The first-order valence-corrected chi connectivity index (χ1v) is 9.62. The molecular weight excluding hydrogens is 360 g/mol. The van der Waals surface area contributed by atoms with Crippen molar-refractivity contribution in [2.75, 3.05) is 4.90 Å². The minimum absolute atomic E-state index is 0.0145. The highest BCUT2D eigenvalue weighted by Gasteiger charge is 2.45. The second-order valence-electron chi connectivity index (χ2n) is 7.82. The number of fused-ring (bicyclic) bond motifs is 2. The molecule has 146 valence electrons. The number of anilines is 2. The summed E-state index contributed by atoms with van der Waals surface area (Å²) < 4.78 is 0. The molecule has 5 heteroatoms. The van der Waals surface area contributed by atoms with E-state index < -0.39 is 5.41 Å². The lowest BCUT2D eigenvalue weighted by Crippen LogP contribution is -2.33. The van der Waals surface area contributed by atoms with Gasteiger partial charge in [0.25, 0.3) is 0 Å². The van der Waals surface area contributed by atoms with Gasteiger partial charge in [0.15, 0.2) is 0 Å². The highest BCUT2D eigenvalue weighted by Crippen LogP contribution is 2.45. The highest BCUT2D eigenvalue weighted by atomic mass is 16.2. The summed E-state index contributed by atoms with van der Waals surface area (Å²) in [5.74, 6) is 0.632. The number of aromatic amines is 1. The first kappa shape index (κ1) is 18.9. The van der Waals surface area contributed by atoms with Crippen LogP contribution in [-0.4, -0.2) is 22.1 Å². The monoisotopic (exact) mass is 384 g/mol. The summed E-state index contributed by atoms with van der Waals surface area (Å²) in [4.78, 5) is 27.2. The second-order valence-corrected chi connectivity index (χ2v) is 7.82. The molecule has 3 heterocycles. The fraction of sp³-hybridized carbons (Fsp3) is 0.208. The Hall–Kier alpha value is -3.47. The summed E-state index contributed by atoms with van der Waals surface area (Å²) in [7, 11) is 0. The molecule has 0 bridgehead atoms. The number of rotatable bonds is 4. The van der Waals surface area contributed by atoms with Crippen molar-refractivity contribution in [1.82, 2.24) is 9.97 Å². The molecule has 1 aliphatic heterocycles. The second kappa shape index (κ2) is 6.85. The maximum atomic E-state index is 13.3. The molecule has 4 rings (SSSR count). The molecule has 1 aliphatic rings. The quantitative estimate of drug-likeness (QED) is 0.602. The van der Waals surface area contributed by atoms with E-state index in [2.05, 4.69) is 21.5 Å².